The van der Waals surface area contributed by atoms with Crippen molar-refractivity contribution in [1.82, 2.24) is 4.98 Å². The van der Waals surface area contributed by atoms with Gasteiger partial charge in [-0.2, -0.15) is 0 Å². The Labute approximate surface area is 167 Å². The minimum Gasteiger partial charge on any atom is -0.454 e. The van der Waals surface area contributed by atoms with Crippen molar-refractivity contribution in [2.24, 2.45) is 0 Å². The first-order valence-electron chi connectivity index (χ1n) is 8.25. The number of fused-ring (bicyclic) bond motifs is 1. The maximum Gasteiger partial charge on any atom is 0.262 e. The van der Waals surface area contributed by atoms with E-state index in [2.05, 4.69) is 26.2 Å². The average molecular weight is 447 g/mol. The summed E-state index contributed by atoms with van der Waals surface area (Å²) >= 11 is 3.48. The largest absolute Gasteiger partial charge is 0.454 e. The number of aryl methyl sites for hydroxylation is 1. The second-order valence-electron chi connectivity index (χ2n) is 6.12. The van der Waals surface area contributed by atoms with Gasteiger partial charge in [0.05, 0.1) is 0 Å². The minimum atomic E-state index is -0.929. The second-order valence-corrected chi connectivity index (χ2v) is 6.98. The van der Waals surface area contributed by atoms with Gasteiger partial charge in [0, 0.05) is 21.8 Å². The highest BCUT2D eigenvalue weighted by atomic mass is 79.9. The maximum absolute atomic E-state index is 14.1. The number of halogens is 3. The van der Waals surface area contributed by atoms with Crippen LogP contribution < -0.4 is 14.8 Å². The number of aromatic nitrogens is 1. The standard InChI is InChI=1S/C20H13BrF2N2O3/c1-10-2-4-14(22)18(19(10)23)20(26)25-17-5-3-11(8-24-17)12-6-15-16(7-13(12)21)28-9-27-15/h2-8H,9H2,1H3,(H,24,25,26). The lowest BCUT2D eigenvalue weighted by molar-refractivity contribution is 0.101. The van der Waals surface area contributed by atoms with Crippen LogP contribution in [0.15, 0.2) is 47.1 Å². The predicted octanol–water partition coefficient (Wildman–Crippen LogP) is 5.08. The molecule has 28 heavy (non-hydrogen) atoms. The summed E-state index contributed by atoms with van der Waals surface area (Å²) in [7, 11) is 0. The molecule has 4 rings (SSSR count). The molecule has 0 radical (unpaired) electrons. The molecule has 5 nitrogen and oxygen atoms in total. The fraction of sp³-hybridized carbons (Fsp3) is 0.100. The van der Waals surface area contributed by atoms with Crippen LogP contribution in [0, 0.1) is 18.6 Å². The van der Waals surface area contributed by atoms with Gasteiger partial charge in [0.1, 0.15) is 23.0 Å². The molecule has 8 heteroatoms. The number of amides is 1. The SMILES string of the molecule is Cc1ccc(F)c(C(=O)Nc2ccc(-c3cc4c(cc3Br)OCO4)cn2)c1F. The zero-order chi connectivity index (χ0) is 19.8. The van der Waals surface area contributed by atoms with E-state index in [4.69, 9.17) is 9.47 Å². The van der Waals surface area contributed by atoms with Gasteiger partial charge in [0.25, 0.3) is 5.91 Å². The summed E-state index contributed by atoms with van der Waals surface area (Å²) in [6.45, 7) is 1.63. The summed E-state index contributed by atoms with van der Waals surface area (Å²) in [6.07, 6.45) is 1.54. The second kappa shape index (κ2) is 7.20. The van der Waals surface area contributed by atoms with Crippen LogP contribution in [0.5, 0.6) is 11.5 Å². The molecule has 2 heterocycles. The first kappa shape index (κ1) is 18.4. The third kappa shape index (κ3) is 3.31. The predicted molar refractivity (Wildman–Crippen MR) is 103 cm³/mol. The van der Waals surface area contributed by atoms with Gasteiger partial charge in [-0.25, -0.2) is 13.8 Å². The number of ether oxygens (including phenoxy) is 2. The van der Waals surface area contributed by atoms with Crippen molar-refractivity contribution in [2.45, 2.75) is 6.92 Å². The lowest BCUT2D eigenvalue weighted by atomic mass is 10.1. The maximum atomic E-state index is 14.1. The molecule has 0 saturated heterocycles. The van der Waals surface area contributed by atoms with E-state index in [9.17, 15) is 13.6 Å². The molecule has 2 aromatic carbocycles. The molecule has 1 aliphatic heterocycles. The number of anilines is 1. The van der Waals surface area contributed by atoms with Gasteiger partial charge in [-0.15, -0.1) is 0 Å². The van der Waals surface area contributed by atoms with Crippen molar-refractivity contribution in [3.8, 4) is 22.6 Å². The molecule has 1 aliphatic rings. The van der Waals surface area contributed by atoms with Crippen molar-refractivity contribution < 1.29 is 23.0 Å². The van der Waals surface area contributed by atoms with E-state index in [0.29, 0.717) is 11.5 Å². The highest BCUT2D eigenvalue weighted by Gasteiger charge is 2.20. The quantitative estimate of drug-likeness (QED) is 0.609. The molecular formula is C20H13BrF2N2O3. The first-order chi connectivity index (χ1) is 13.4. The lowest BCUT2D eigenvalue weighted by Crippen LogP contribution is -2.17. The molecule has 0 unspecified atom stereocenters. The topological polar surface area (TPSA) is 60.5 Å². The molecule has 142 valence electrons. The molecule has 1 aromatic heterocycles. The summed E-state index contributed by atoms with van der Waals surface area (Å²) in [5.74, 6) is -1.27. The van der Waals surface area contributed by atoms with Crippen LogP contribution in [-0.2, 0) is 0 Å². The number of pyridine rings is 1. The zero-order valence-corrected chi connectivity index (χ0v) is 16.1. The van der Waals surface area contributed by atoms with E-state index in [1.807, 2.05) is 6.07 Å². The zero-order valence-electron chi connectivity index (χ0n) is 14.6. The first-order valence-corrected chi connectivity index (χ1v) is 9.05. The summed E-state index contributed by atoms with van der Waals surface area (Å²) in [5.41, 5.74) is 1.13. The van der Waals surface area contributed by atoms with Gasteiger partial charge in [0.2, 0.25) is 6.79 Å². The molecule has 0 atom stereocenters. The Kier molecular flexibility index (Phi) is 4.72. The number of nitrogens with zero attached hydrogens (tertiary/aromatic N) is 1. The van der Waals surface area contributed by atoms with Gasteiger partial charge < -0.3 is 14.8 Å². The molecular weight excluding hydrogens is 434 g/mol. The van der Waals surface area contributed by atoms with Crippen molar-refractivity contribution in [1.29, 1.82) is 0 Å². The summed E-state index contributed by atoms with van der Waals surface area (Å²) in [4.78, 5) is 16.4. The number of benzene rings is 2. The van der Waals surface area contributed by atoms with Gasteiger partial charge >= 0.3 is 0 Å². The van der Waals surface area contributed by atoms with Crippen LogP contribution in [0.4, 0.5) is 14.6 Å². The highest BCUT2D eigenvalue weighted by Crippen LogP contribution is 2.41. The molecule has 0 spiro atoms. The Morgan fingerprint density at radius 3 is 2.61 bits per heavy atom. The molecule has 0 fully saturated rings. The molecule has 3 aromatic rings. The normalized spacial score (nSPS) is 12.1. The molecule has 0 bridgehead atoms. The Morgan fingerprint density at radius 1 is 1.14 bits per heavy atom. The third-order valence-electron chi connectivity index (χ3n) is 4.29. The average Bonchev–Trinajstić information content (AvgIpc) is 3.12. The Morgan fingerprint density at radius 2 is 1.89 bits per heavy atom. The summed E-state index contributed by atoms with van der Waals surface area (Å²) in [6, 6.07) is 9.23. The van der Waals surface area contributed by atoms with Gasteiger partial charge in [-0.05, 0) is 42.8 Å². The number of nitrogens with one attached hydrogen (secondary N) is 1. The minimum absolute atomic E-state index is 0.167. The number of carbonyl (C=O) groups excluding carboxylic acids is 1. The van der Waals surface area contributed by atoms with Crippen molar-refractivity contribution in [3.05, 3.63) is 69.8 Å². The molecule has 0 aliphatic carbocycles. The summed E-state index contributed by atoms with van der Waals surface area (Å²) < 4.78 is 39.5. The van der Waals surface area contributed by atoms with E-state index in [0.717, 1.165) is 21.7 Å². The third-order valence-corrected chi connectivity index (χ3v) is 4.95. The van der Waals surface area contributed by atoms with E-state index >= 15 is 0 Å². The van der Waals surface area contributed by atoms with Crippen LogP contribution in [0.2, 0.25) is 0 Å². The van der Waals surface area contributed by atoms with Crippen LogP contribution >= 0.6 is 15.9 Å². The van der Waals surface area contributed by atoms with Gasteiger partial charge in [-0.1, -0.05) is 22.0 Å². The number of hydrogen-bond acceptors (Lipinski definition) is 4. The fourth-order valence-corrected chi connectivity index (χ4v) is 3.36. The number of hydrogen-bond donors (Lipinski definition) is 1. The van der Waals surface area contributed by atoms with Crippen LogP contribution in [0.1, 0.15) is 15.9 Å². The fourth-order valence-electron chi connectivity index (χ4n) is 2.81. The van der Waals surface area contributed by atoms with Crippen molar-refractivity contribution in [3.63, 3.8) is 0 Å². The van der Waals surface area contributed by atoms with E-state index < -0.39 is 23.1 Å². The van der Waals surface area contributed by atoms with Crippen molar-refractivity contribution in [2.75, 3.05) is 12.1 Å². The molecule has 0 saturated carbocycles. The van der Waals surface area contributed by atoms with Crippen LogP contribution in [-0.4, -0.2) is 17.7 Å². The summed E-state index contributed by atoms with van der Waals surface area (Å²) in [5, 5.41) is 2.42. The smallest absolute Gasteiger partial charge is 0.262 e. The Balaban J connectivity index is 1.58. The Hall–Kier alpha value is -3.00. The van der Waals surface area contributed by atoms with Crippen molar-refractivity contribution >= 4 is 27.7 Å². The molecule has 1 N–H and O–H groups in total. The lowest BCUT2D eigenvalue weighted by Gasteiger charge is -2.10. The van der Waals surface area contributed by atoms with E-state index in [-0.39, 0.29) is 18.2 Å². The van der Waals surface area contributed by atoms with E-state index in [1.165, 1.54) is 13.0 Å². The number of rotatable bonds is 3. The monoisotopic (exact) mass is 446 g/mol. The van der Waals surface area contributed by atoms with E-state index in [1.54, 1.807) is 24.4 Å². The number of carbonyl (C=O) groups is 1. The van der Waals surface area contributed by atoms with Crippen LogP contribution in [0.25, 0.3) is 11.1 Å². The van der Waals surface area contributed by atoms with Crippen LogP contribution in [0.3, 0.4) is 0 Å². The highest BCUT2D eigenvalue weighted by molar-refractivity contribution is 9.10. The van der Waals surface area contributed by atoms with Gasteiger partial charge in [-0.3, -0.25) is 4.79 Å². The molecule has 1 amide bonds. The Bertz CT molecular complexity index is 1090. The van der Waals surface area contributed by atoms with Gasteiger partial charge in [0.15, 0.2) is 11.5 Å².